The lowest BCUT2D eigenvalue weighted by molar-refractivity contribution is 0.0635. The van der Waals surface area contributed by atoms with Gasteiger partial charge in [0.25, 0.3) is 5.91 Å². The number of hydrogen-bond donors (Lipinski definition) is 3. The van der Waals surface area contributed by atoms with E-state index in [0.717, 1.165) is 5.56 Å². The van der Waals surface area contributed by atoms with Crippen LogP contribution < -0.4 is 20.7 Å². The van der Waals surface area contributed by atoms with Crippen LogP contribution in [0.2, 0.25) is 0 Å². The Bertz CT molecular complexity index is 1340. The van der Waals surface area contributed by atoms with Gasteiger partial charge in [-0.15, -0.1) is 0 Å². The number of rotatable bonds is 10. The third-order valence-corrected chi connectivity index (χ3v) is 5.67. The summed E-state index contributed by atoms with van der Waals surface area (Å²) in [5.41, 5.74) is 1.69. The molecule has 3 rings (SSSR count). The average Bonchev–Trinajstić information content (AvgIpc) is 2.91. The zero-order valence-corrected chi connectivity index (χ0v) is 24.4. The minimum Gasteiger partial charge on any atom is -0.497 e. The highest BCUT2D eigenvalue weighted by Gasteiger charge is 2.19. The predicted molar refractivity (Wildman–Crippen MR) is 159 cm³/mol. The minimum atomic E-state index is -0.661. The summed E-state index contributed by atoms with van der Waals surface area (Å²) in [6.07, 6.45) is 0.942. The van der Waals surface area contributed by atoms with Crippen molar-refractivity contribution in [1.82, 2.24) is 14.8 Å². The SMILES string of the molecule is COc1cccc(NC(=O)N(CCN(C)C)Cc2ccc(C(=O)Nc3ccccc3NC(=O)OC(C)(C)C)nc2)c1. The molecule has 0 spiro atoms. The summed E-state index contributed by atoms with van der Waals surface area (Å²) in [6.45, 7) is 6.74. The largest absolute Gasteiger partial charge is 0.497 e. The Morgan fingerprint density at radius 3 is 2.20 bits per heavy atom. The Kier molecular flexibility index (Phi) is 10.6. The third kappa shape index (κ3) is 10.1. The molecule has 0 saturated carbocycles. The van der Waals surface area contributed by atoms with Crippen LogP contribution in [0.3, 0.4) is 0 Å². The van der Waals surface area contributed by atoms with E-state index in [1.807, 2.05) is 19.0 Å². The van der Waals surface area contributed by atoms with Crippen LogP contribution in [0.25, 0.3) is 0 Å². The van der Waals surface area contributed by atoms with E-state index in [4.69, 9.17) is 9.47 Å². The molecule has 0 aliphatic carbocycles. The number of likely N-dealkylation sites (N-methyl/N-ethyl adjacent to an activating group) is 1. The second-order valence-electron chi connectivity index (χ2n) is 10.6. The summed E-state index contributed by atoms with van der Waals surface area (Å²) in [6, 6.07) is 17.0. The number of ether oxygens (including phenoxy) is 2. The Labute approximate surface area is 240 Å². The van der Waals surface area contributed by atoms with Crippen LogP contribution in [0.4, 0.5) is 26.7 Å². The Hall–Kier alpha value is -4.64. The molecule has 0 aliphatic rings. The number of aromatic nitrogens is 1. The quantitative estimate of drug-likeness (QED) is 0.307. The van der Waals surface area contributed by atoms with Gasteiger partial charge in [0.05, 0.1) is 18.5 Å². The molecule has 0 atom stereocenters. The van der Waals surface area contributed by atoms with Gasteiger partial charge in [0.2, 0.25) is 0 Å². The standard InChI is InChI=1S/C30H38N6O5/c1-30(2,3)41-29(39)34-25-13-8-7-12-24(25)33-27(37)26-15-14-21(19-31-26)20-36(17-16-35(4)5)28(38)32-22-10-9-11-23(18-22)40-6/h7-15,18-19H,16-17,20H2,1-6H3,(H,32,38)(H,33,37)(H,34,39). The van der Waals surface area contributed by atoms with Crippen LogP contribution in [-0.2, 0) is 11.3 Å². The van der Waals surface area contributed by atoms with Gasteiger partial charge in [0, 0.05) is 37.6 Å². The third-order valence-electron chi connectivity index (χ3n) is 5.67. The van der Waals surface area contributed by atoms with Gasteiger partial charge in [-0.25, -0.2) is 9.59 Å². The predicted octanol–water partition coefficient (Wildman–Crippen LogP) is 5.29. The van der Waals surface area contributed by atoms with Crippen molar-refractivity contribution in [3.05, 3.63) is 78.1 Å². The van der Waals surface area contributed by atoms with Crippen LogP contribution in [0, 0.1) is 0 Å². The number of amides is 4. The molecule has 11 nitrogen and oxygen atoms in total. The number of methoxy groups -OCH3 is 1. The number of urea groups is 1. The number of anilines is 3. The fourth-order valence-corrected chi connectivity index (χ4v) is 3.65. The molecular weight excluding hydrogens is 524 g/mol. The van der Waals surface area contributed by atoms with Crippen LogP contribution in [-0.4, -0.2) is 72.7 Å². The molecule has 0 saturated heterocycles. The van der Waals surface area contributed by atoms with E-state index in [1.165, 1.54) is 0 Å². The van der Waals surface area contributed by atoms with Crippen LogP contribution >= 0.6 is 0 Å². The molecule has 41 heavy (non-hydrogen) atoms. The van der Waals surface area contributed by atoms with Gasteiger partial charge in [-0.3, -0.25) is 15.1 Å². The highest BCUT2D eigenvalue weighted by Crippen LogP contribution is 2.23. The molecule has 218 valence electrons. The number of pyridine rings is 1. The Balaban J connectivity index is 1.68. The number of carbonyl (C=O) groups is 3. The molecule has 1 heterocycles. The number of para-hydroxylation sites is 2. The second-order valence-corrected chi connectivity index (χ2v) is 10.6. The number of nitrogens with zero attached hydrogens (tertiary/aromatic N) is 3. The fourth-order valence-electron chi connectivity index (χ4n) is 3.65. The van der Waals surface area contributed by atoms with E-state index in [9.17, 15) is 14.4 Å². The highest BCUT2D eigenvalue weighted by molar-refractivity contribution is 6.05. The van der Waals surface area contributed by atoms with Crippen LogP contribution in [0.15, 0.2) is 66.9 Å². The Morgan fingerprint density at radius 1 is 0.878 bits per heavy atom. The summed E-state index contributed by atoms with van der Waals surface area (Å²) >= 11 is 0. The van der Waals surface area contributed by atoms with Crippen molar-refractivity contribution in [3.8, 4) is 5.75 Å². The molecule has 0 unspecified atom stereocenters. The van der Waals surface area contributed by atoms with Crippen LogP contribution in [0.1, 0.15) is 36.8 Å². The normalized spacial score (nSPS) is 11.0. The lowest BCUT2D eigenvalue weighted by atomic mass is 10.2. The summed E-state index contributed by atoms with van der Waals surface area (Å²) in [7, 11) is 5.45. The molecule has 0 aliphatic heterocycles. The van der Waals surface area contributed by atoms with Crippen molar-refractivity contribution in [2.45, 2.75) is 32.9 Å². The van der Waals surface area contributed by atoms with Gasteiger partial charge in [-0.1, -0.05) is 24.3 Å². The monoisotopic (exact) mass is 562 g/mol. The Morgan fingerprint density at radius 2 is 1.59 bits per heavy atom. The first-order valence-corrected chi connectivity index (χ1v) is 13.1. The van der Waals surface area contributed by atoms with E-state index in [0.29, 0.717) is 42.4 Å². The lowest BCUT2D eigenvalue weighted by Crippen LogP contribution is -2.39. The van der Waals surface area contributed by atoms with Crippen molar-refractivity contribution in [1.29, 1.82) is 0 Å². The smallest absolute Gasteiger partial charge is 0.412 e. The molecule has 11 heteroatoms. The molecule has 4 amide bonds. The van der Waals surface area contributed by atoms with Crippen molar-refractivity contribution in [2.75, 3.05) is 50.2 Å². The maximum absolute atomic E-state index is 13.1. The van der Waals surface area contributed by atoms with Gasteiger partial charge in [0.1, 0.15) is 17.0 Å². The average molecular weight is 563 g/mol. The highest BCUT2D eigenvalue weighted by atomic mass is 16.6. The zero-order valence-electron chi connectivity index (χ0n) is 24.4. The minimum absolute atomic E-state index is 0.182. The second kappa shape index (κ2) is 14.1. The first-order valence-electron chi connectivity index (χ1n) is 13.1. The molecule has 0 radical (unpaired) electrons. The molecule has 2 aromatic carbocycles. The number of carbonyl (C=O) groups excluding carboxylic acids is 3. The number of hydrogen-bond acceptors (Lipinski definition) is 7. The van der Waals surface area contributed by atoms with E-state index in [-0.39, 0.29) is 11.7 Å². The van der Waals surface area contributed by atoms with Crippen molar-refractivity contribution < 1.29 is 23.9 Å². The van der Waals surface area contributed by atoms with E-state index < -0.39 is 17.6 Å². The molecule has 3 aromatic rings. The van der Waals surface area contributed by atoms with Gasteiger partial charge in [0.15, 0.2) is 0 Å². The van der Waals surface area contributed by atoms with E-state index >= 15 is 0 Å². The van der Waals surface area contributed by atoms with Gasteiger partial charge >= 0.3 is 12.1 Å². The van der Waals surface area contributed by atoms with Crippen molar-refractivity contribution in [3.63, 3.8) is 0 Å². The summed E-state index contributed by atoms with van der Waals surface area (Å²) in [5.74, 6) is 0.194. The molecule has 0 fully saturated rings. The number of nitrogens with one attached hydrogen (secondary N) is 3. The maximum Gasteiger partial charge on any atom is 0.412 e. The van der Waals surface area contributed by atoms with Gasteiger partial charge in [-0.2, -0.15) is 0 Å². The molecule has 3 N–H and O–H groups in total. The molecular formula is C30H38N6O5. The first kappa shape index (κ1) is 30.9. The maximum atomic E-state index is 13.1. The fraction of sp³-hybridized carbons (Fsp3) is 0.333. The first-order chi connectivity index (χ1) is 19.4. The van der Waals surface area contributed by atoms with Crippen LogP contribution in [0.5, 0.6) is 5.75 Å². The molecule has 0 bridgehead atoms. The number of benzene rings is 2. The lowest BCUT2D eigenvalue weighted by Gasteiger charge is -2.25. The van der Waals surface area contributed by atoms with Crippen molar-refractivity contribution >= 4 is 35.1 Å². The molecule has 1 aromatic heterocycles. The zero-order chi connectivity index (χ0) is 30.0. The summed E-state index contributed by atoms with van der Waals surface area (Å²) in [5, 5.41) is 8.35. The van der Waals surface area contributed by atoms with Crippen molar-refractivity contribution in [2.24, 2.45) is 0 Å². The van der Waals surface area contributed by atoms with Gasteiger partial charge in [-0.05, 0) is 70.8 Å². The summed E-state index contributed by atoms with van der Waals surface area (Å²) in [4.78, 5) is 46.3. The van der Waals surface area contributed by atoms with E-state index in [1.54, 1.807) is 99.6 Å². The van der Waals surface area contributed by atoms with E-state index in [2.05, 4.69) is 20.9 Å². The summed E-state index contributed by atoms with van der Waals surface area (Å²) < 4.78 is 10.5. The van der Waals surface area contributed by atoms with Gasteiger partial charge < -0.3 is 29.9 Å². The topological polar surface area (TPSA) is 125 Å².